The average molecular weight is 278 g/mol. The number of halogens is 2. The molecule has 0 spiro atoms. The van der Waals surface area contributed by atoms with Crippen molar-refractivity contribution in [1.82, 2.24) is 5.32 Å². The summed E-state index contributed by atoms with van der Waals surface area (Å²) in [6, 6.07) is 13.2. The SMILES string of the molecule is Cc1ccccc1CNC(C)c1ccc(Cl)c(F)c1. The van der Waals surface area contributed by atoms with Crippen LogP contribution in [0.4, 0.5) is 4.39 Å². The van der Waals surface area contributed by atoms with Crippen molar-refractivity contribution in [3.8, 4) is 0 Å². The van der Waals surface area contributed by atoms with Gasteiger partial charge in [-0.2, -0.15) is 0 Å². The first-order chi connectivity index (χ1) is 9.08. The summed E-state index contributed by atoms with van der Waals surface area (Å²) in [5, 5.41) is 3.55. The number of nitrogens with one attached hydrogen (secondary N) is 1. The fourth-order valence-corrected chi connectivity index (χ4v) is 2.09. The zero-order chi connectivity index (χ0) is 13.8. The van der Waals surface area contributed by atoms with Crippen LogP contribution in [0.2, 0.25) is 5.02 Å². The third kappa shape index (κ3) is 3.55. The van der Waals surface area contributed by atoms with Gasteiger partial charge in [0, 0.05) is 12.6 Å². The molecule has 0 bridgehead atoms. The van der Waals surface area contributed by atoms with Gasteiger partial charge in [0.1, 0.15) is 5.82 Å². The van der Waals surface area contributed by atoms with Crippen LogP contribution in [-0.4, -0.2) is 0 Å². The Morgan fingerprint density at radius 1 is 1.21 bits per heavy atom. The molecule has 0 fully saturated rings. The first kappa shape index (κ1) is 14.0. The lowest BCUT2D eigenvalue weighted by Gasteiger charge is -2.15. The van der Waals surface area contributed by atoms with Crippen molar-refractivity contribution in [3.63, 3.8) is 0 Å². The van der Waals surface area contributed by atoms with E-state index in [4.69, 9.17) is 11.6 Å². The van der Waals surface area contributed by atoms with Crippen LogP contribution < -0.4 is 5.32 Å². The van der Waals surface area contributed by atoms with Gasteiger partial charge >= 0.3 is 0 Å². The molecule has 0 amide bonds. The molecule has 100 valence electrons. The smallest absolute Gasteiger partial charge is 0.142 e. The Hall–Kier alpha value is -1.38. The average Bonchev–Trinajstić information content (AvgIpc) is 2.40. The maximum absolute atomic E-state index is 13.4. The molecule has 3 heteroatoms. The summed E-state index contributed by atoms with van der Waals surface area (Å²) in [6.45, 7) is 4.86. The minimum Gasteiger partial charge on any atom is -0.306 e. The summed E-state index contributed by atoms with van der Waals surface area (Å²) in [5.74, 6) is -0.372. The molecule has 0 aliphatic carbocycles. The fourth-order valence-electron chi connectivity index (χ4n) is 1.97. The maximum Gasteiger partial charge on any atom is 0.142 e. The second-order valence-corrected chi connectivity index (χ2v) is 5.11. The van der Waals surface area contributed by atoms with Gasteiger partial charge in [-0.05, 0) is 42.7 Å². The van der Waals surface area contributed by atoms with E-state index in [-0.39, 0.29) is 16.9 Å². The van der Waals surface area contributed by atoms with E-state index >= 15 is 0 Å². The van der Waals surface area contributed by atoms with E-state index in [0.717, 1.165) is 12.1 Å². The Labute approximate surface area is 118 Å². The molecule has 19 heavy (non-hydrogen) atoms. The second-order valence-electron chi connectivity index (χ2n) is 4.70. The summed E-state index contributed by atoms with van der Waals surface area (Å²) in [4.78, 5) is 0. The van der Waals surface area contributed by atoms with Crippen molar-refractivity contribution in [2.24, 2.45) is 0 Å². The topological polar surface area (TPSA) is 12.0 Å². The highest BCUT2D eigenvalue weighted by Crippen LogP contribution is 2.20. The van der Waals surface area contributed by atoms with E-state index in [1.165, 1.54) is 17.2 Å². The van der Waals surface area contributed by atoms with Crippen molar-refractivity contribution >= 4 is 11.6 Å². The molecule has 0 radical (unpaired) electrons. The number of aryl methyl sites for hydroxylation is 1. The third-order valence-electron chi connectivity index (χ3n) is 3.30. The molecule has 1 nitrogen and oxygen atoms in total. The molecule has 1 unspecified atom stereocenters. The monoisotopic (exact) mass is 277 g/mol. The van der Waals surface area contributed by atoms with Crippen LogP contribution in [0.1, 0.15) is 29.7 Å². The Morgan fingerprint density at radius 2 is 1.95 bits per heavy atom. The van der Waals surface area contributed by atoms with Gasteiger partial charge in [-0.15, -0.1) is 0 Å². The standard InChI is InChI=1S/C16H17ClFN/c1-11-5-3-4-6-14(11)10-19-12(2)13-7-8-15(17)16(18)9-13/h3-9,12,19H,10H2,1-2H3. The zero-order valence-corrected chi connectivity index (χ0v) is 11.8. The Balaban J connectivity index is 2.03. The van der Waals surface area contributed by atoms with Crippen molar-refractivity contribution in [1.29, 1.82) is 0 Å². The molecule has 1 N–H and O–H groups in total. The number of hydrogen-bond donors (Lipinski definition) is 1. The number of benzene rings is 2. The van der Waals surface area contributed by atoms with E-state index in [2.05, 4.69) is 24.4 Å². The van der Waals surface area contributed by atoms with Gasteiger partial charge in [-0.1, -0.05) is 41.9 Å². The number of hydrogen-bond acceptors (Lipinski definition) is 1. The fraction of sp³-hybridized carbons (Fsp3) is 0.250. The molecule has 2 aromatic carbocycles. The van der Waals surface area contributed by atoms with Crippen LogP contribution >= 0.6 is 11.6 Å². The lowest BCUT2D eigenvalue weighted by Crippen LogP contribution is -2.18. The summed E-state index contributed by atoms with van der Waals surface area (Å²) in [5.41, 5.74) is 3.41. The van der Waals surface area contributed by atoms with Gasteiger partial charge in [0.25, 0.3) is 0 Å². The Morgan fingerprint density at radius 3 is 2.63 bits per heavy atom. The molecule has 2 aromatic rings. The van der Waals surface area contributed by atoms with Crippen LogP contribution in [0.15, 0.2) is 42.5 Å². The van der Waals surface area contributed by atoms with Gasteiger partial charge in [-0.25, -0.2) is 4.39 Å². The zero-order valence-electron chi connectivity index (χ0n) is 11.1. The second kappa shape index (κ2) is 6.18. The first-order valence-electron chi connectivity index (χ1n) is 6.31. The molecule has 0 aliphatic heterocycles. The Bertz CT molecular complexity index is 568. The van der Waals surface area contributed by atoms with Gasteiger partial charge in [0.15, 0.2) is 0 Å². The van der Waals surface area contributed by atoms with E-state index in [9.17, 15) is 4.39 Å². The highest BCUT2D eigenvalue weighted by atomic mass is 35.5. The predicted molar refractivity (Wildman–Crippen MR) is 77.8 cm³/mol. The van der Waals surface area contributed by atoms with Crippen molar-refractivity contribution in [2.75, 3.05) is 0 Å². The molecule has 0 saturated carbocycles. The van der Waals surface area contributed by atoms with Crippen LogP contribution in [0.3, 0.4) is 0 Å². The summed E-state index contributed by atoms with van der Waals surface area (Å²) < 4.78 is 13.4. The lowest BCUT2D eigenvalue weighted by atomic mass is 10.1. The molecule has 0 saturated heterocycles. The third-order valence-corrected chi connectivity index (χ3v) is 3.61. The van der Waals surface area contributed by atoms with Crippen LogP contribution in [0.5, 0.6) is 0 Å². The van der Waals surface area contributed by atoms with E-state index < -0.39 is 0 Å². The molecule has 2 rings (SSSR count). The van der Waals surface area contributed by atoms with Gasteiger partial charge in [-0.3, -0.25) is 0 Å². The van der Waals surface area contributed by atoms with E-state index in [0.29, 0.717) is 0 Å². The lowest BCUT2D eigenvalue weighted by molar-refractivity contribution is 0.564. The van der Waals surface area contributed by atoms with E-state index in [1.54, 1.807) is 6.07 Å². The molecule has 1 atom stereocenters. The van der Waals surface area contributed by atoms with Crippen LogP contribution in [0.25, 0.3) is 0 Å². The normalized spacial score (nSPS) is 12.4. The maximum atomic E-state index is 13.4. The van der Waals surface area contributed by atoms with Crippen molar-refractivity contribution in [3.05, 3.63) is 70.0 Å². The van der Waals surface area contributed by atoms with Crippen molar-refractivity contribution in [2.45, 2.75) is 26.4 Å². The predicted octanol–water partition coefficient (Wildman–Crippen LogP) is 4.64. The molecular weight excluding hydrogens is 261 g/mol. The minimum absolute atomic E-state index is 0.0753. The van der Waals surface area contributed by atoms with Gasteiger partial charge in [0.05, 0.1) is 5.02 Å². The Kier molecular flexibility index (Phi) is 4.56. The van der Waals surface area contributed by atoms with Crippen LogP contribution in [-0.2, 0) is 6.54 Å². The quantitative estimate of drug-likeness (QED) is 0.858. The summed E-state index contributed by atoms with van der Waals surface area (Å²) in [6.07, 6.45) is 0. The largest absolute Gasteiger partial charge is 0.306 e. The molecule has 0 heterocycles. The minimum atomic E-state index is -0.372. The van der Waals surface area contributed by atoms with E-state index in [1.807, 2.05) is 25.1 Å². The molecule has 0 aromatic heterocycles. The summed E-state index contributed by atoms with van der Waals surface area (Å²) in [7, 11) is 0. The van der Waals surface area contributed by atoms with Gasteiger partial charge < -0.3 is 5.32 Å². The summed E-state index contributed by atoms with van der Waals surface area (Å²) >= 11 is 5.68. The van der Waals surface area contributed by atoms with Gasteiger partial charge in [0.2, 0.25) is 0 Å². The first-order valence-corrected chi connectivity index (χ1v) is 6.68. The molecular formula is C16H17ClFN. The number of rotatable bonds is 4. The molecule has 0 aliphatic rings. The van der Waals surface area contributed by atoms with Crippen LogP contribution in [0, 0.1) is 12.7 Å². The highest BCUT2D eigenvalue weighted by molar-refractivity contribution is 6.30. The highest BCUT2D eigenvalue weighted by Gasteiger charge is 2.08. The van der Waals surface area contributed by atoms with Crippen molar-refractivity contribution < 1.29 is 4.39 Å².